The van der Waals surface area contributed by atoms with E-state index in [2.05, 4.69) is 12.1 Å². The van der Waals surface area contributed by atoms with Crippen LogP contribution in [0.1, 0.15) is 30.4 Å². The van der Waals surface area contributed by atoms with Gasteiger partial charge in [0, 0.05) is 19.7 Å². The maximum atomic E-state index is 13.4. The van der Waals surface area contributed by atoms with Crippen molar-refractivity contribution in [1.29, 1.82) is 0 Å². The van der Waals surface area contributed by atoms with Crippen LogP contribution < -0.4 is 14.2 Å². The number of hydrogen-bond donors (Lipinski definition) is 1. The monoisotopic (exact) mass is 413 g/mol. The molecule has 1 fully saturated rings. The Bertz CT molecular complexity index is 829. The van der Waals surface area contributed by atoms with E-state index in [9.17, 15) is 9.90 Å². The van der Waals surface area contributed by atoms with E-state index in [1.165, 1.54) is 5.56 Å². The number of rotatable bonds is 10. The highest BCUT2D eigenvalue weighted by atomic mass is 16.5. The summed E-state index contributed by atoms with van der Waals surface area (Å²) in [5.74, 6) is 1.80. The first-order valence-corrected chi connectivity index (χ1v) is 10.3. The average molecular weight is 414 g/mol. The highest BCUT2D eigenvalue weighted by Crippen LogP contribution is 2.42. The molecule has 0 aromatic heterocycles. The zero-order valence-corrected chi connectivity index (χ0v) is 18.0. The Kier molecular flexibility index (Phi) is 7.21. The number of amides is 1. The molecular formula is C24H31NO5. The lowest BCUT2D eigenvalue weighted by molar-refractivity contribution is -0.137. The third-order valence-electron chi connectivity index (χ3n) is 6.02. The number of methoxy groups -OCH3 is 3. The first-order chi connectivity index (χ1) is 14.6. The summed E-state index contributed by atoms with van der Waals surface area (Å²) in [6.45, 7) is 1.15. The molecule has 1 atom stereocenters. The molecule has 1 N–H and O–H groups in total. The van der Waals surface area contributed by atoms with Crippen LogP contribution in [0.15, 0.2) is 42.5 Å². The van der Waals surface area contributed by atoms with Crippen LogP contribution in [0.3, 0.4) is 0 Å². The molecule has 162 valence electrons. The Hall–Kier alpha value is -2.73. The fourth-order valence-electron chi connectivity index (χ4n) is 4.32. The smallest absolute Gasteiger partial charge is 0.229 e. The van der Waals surface area contributed by atoms with Crippen LogP contribution in [0.4, 0.5) is 0 Å². The zero-order chi connectivity index (χ0) is 21.6. The predicted molar refractivity (Wildman–Crippen MR) is 115 cm³/mol. The van der Waals surface area contributed by atoms with Crippen LogP contribution in [0.2, 0.25) is 0 Å². The minimum atomic E-state index is -0.509. The second-order valence-corrected chi connectivity index (χ2v) is 7.75. The summed E-state index contributed by atoms with van der Waals surface area (Å²) in [5.41, 5.74) is 1.62. The quantitative estimate of drug-likeness (QED) is 0.646. The highest BCUT2D eigenvalue weighted by Gasteiger charge is 2.45. The van der Waals surface area contributed by atoms with E-state index in [0.717, 1.165) is 24.8 Å². The number of nitrogens with zero attached hydrogens (tertiary/aromatic N) is 1. The Morgan fingerprint density at radius 3 is 2.20 bits per heavy atom. The third-order valence-corrected chi connectivity index (χ3v) is 6.02. The number of benzene rings is 2. The Labute approximate surface area is 178 Å². The van der Waals surface area contributed by atoms with Crippen LogP contribution in [-0.2, 0) is 17.8 Å². The van der Waals surface area contributed by atoms with Crippen molar-refractivity contribution in [2.24, 2.45) is 5.41 Å². The SMILES string of the molecule is COc1cc(CN2CCC(CCO)(CCc3ccccc3)C2=O)cc(OC)c1OC. The van der Waals surface area contributed by atoms with Gasteiger partial charge in [0.25, 0.3) is 0 Å². The van der Waals surface area contributed by atoms with Gasteiger partial charge in [-0.15, -0.1) is 0 Å². The van der Waals surface area contributed by atoms with Crippen LogP contribution >= 0.6 is 0 Å². The number of hydrogen-bond acceptors (Lipinski definition) is 5. The molecule has 0 spiro atoms. The van der Waals surface area contributed by atoms with Crippen molar-refractivity contribution in [3.05, 3.63) is 53.6 Å². The molecule has 2 aromatic rings. The molecule has 30 heavy (non-hydrogen) atoms. The number of aryl methyl sites for hydroxylation is 1. The molecule has 0 bridgehead atoms. The first kappa shape index (κ1) is 22.0. The fraction of sp³-hybridized carbons (Fsp3) is 0.458. The summed E-state index contributed by atoms with van der Waals surface area (Å²) in [7, 11) is 4.73. The van der Waals surface area contributed by atoms with E-state index in [4.69, 9.17) is 14.2 Å². The summed E-state index contributed by atoms with van der Waals surface area (Å²) < 4.78 is 16.3. The predicted octanol–water partition coefficient (Wildman–Crippen LogP) is 3.45. The van der Waals surface area contributed by atoms with Crippen LogP contribution in [0, 0.1) is 5.41 Å². The van der Waals surface area contributed by atoms with Gasteiger partial charge < -0.3 is 24.2 Å². The van der Waals surface area contributed by atoms with Gasteiger partial charge in [-0.05, 0) is 48.9 Å². The van der Waals surface area contributed by atoms with Gasteiger partial charge in [-0.1, -0.05) is 30.3 Å². The Morgan fingerprint density at radius 2 is 1.63 bits per heavy atom. The number of ether oxygens (including phenoxy) is 3. The summed E-state index contributed by atoms with van der Waals surface area (Å²) >= 11 is 0. The van der Waals surface area contributed by atoms with Crippen molar-refractivity contribution in [2.75, 3.05) is 34.5 Å². The van der Waals surface area contributed by atoms with Gasteiger partial charge in [0.05, 0.1) is 26.7 Å². The molecule has 1 heterocycles. The standard InChI is InChI=1S/C24H31NO5/c1-28-20-15-19(16-21(29-2)22(20)30-3)17-25-13-11-24(12-14-26,23(25)27)10-9-18-7-5-4-6-8-18/h4-8,15-16,26H,9-14,17H2,1-3H3. The van der Waals surface area contributed by atoms with E-state index in [0.29, 0.717) is 36.8 Å². The molecule has 3 rings (SSSR count). The molecule has 6 heteroatoms. The van der Waals surface area contributed by atoms with E-state index in [1.807, 2.05) is 35.2 Å². The maximum Gasteiger partial charge on any atom is 0.229 e. The number of aliphatic hydroxyl groups excluding tert-OH is 1. The lowest BCUT2D eigenvalue weighted by Gasteiger charge is -2.27. The zero-order valence-electron chi connectivity index (χ0n) is 18.0. The van der Waals surface area contributed by atoms with E-state index in [1.54, 1.807) is 21.3 Å². The lowest BCUT2D eigenvalue weighted by atomic mass is 9.78. The van der Waals surface area contributed by atoms with Crippen molar-refractivity contribution < 1.29 is 24.1 Å². The van der Waals surface area contributed by atoms with Gasteiger partial charge >= 0.3 is 0 Å². The summed E-state index contributed by atoms with van der Waals surface area (Å²) in [4.78, 5) is 15.3. The molecule has 0 radical (unpaired) electrons. The minimum absolute atomic E-state index is 0.0125. The van der Waals surface area contributed by atoms with E-state index in [-0.39, 0.29) is 12.5 Å². The van der Waals surface area contributed by atoms with Gasteiger partial charge in [-0.25, -0.2) is 0 Å². The summed E-state index contributed by atoms with van der Waals surface area (Å²) in [5, 5.41) is 9.66. The van der Waals surface area contributed by atoms with Gasteiger partial charge in [0.1, 0.15) is 0 Å². The van der Waals surface area contributed by atoms with Crippen LogP contribution in [0.25, 0.3) is 0 Å². The largest absolute Gasteiger partial charge is 0.493 e. The molecule has 2 aromatic carbocycles. The molecule has 1 unspecified atom stereocenters. The van der Waals surface area contributed by atoms with Gasteiger partial charge in [-0.3, -0.25) is 4.79 Å². The fourth-order valence-corrected chi connectivity index (χ4v) is 4.32. The van der Waals surface area contributed by atoms with E-state index >= 15 is 0 Å². The Morgan fingerprint density at radius 1 is 0.967 bits per heavy atom. The topological polar surface area (TPSA) is 68.2 Å². The number of carbonyl (C=O) groups is 1. The highest BCUT2D eigenvalue weighted by molar-refractivity contribution is 5.85. The summed E-state index contributed by atoms with van der Waals surface area (Å²) in [6, 6.07) is 13.9. The molecule has 1 aliphatic heterocycles. The molecular weight excluding hydrogens is 382 g/mol. The van der Waals surface area contributed by atoms with Crippen molar-refractivity contribution in [1.82, 2.24) is 4.90 Å². The number of likely N-dealkylation sites (tertiary alicyclic amines) is 1. The molecule has 1 amide bonds. The van der Waals surface area contributed by atoms with Gasteiger partial charge in [0.2, 0.25) is 11.7 Å². The van der Waals surface area contributed by atoms with Crippen molar-refractivity contribution in [2.45, 2.75) is 32.2 Å². The van der Waals surface area contributed by atoms with E-state index < -0.39 is 5.41 Å². The second-order valence-electron chi connectivity index (χ2n) is 7.75. The van der Waals surface area contributed by atoms with Crippen molar-refractivity contribution in [3.8, 4) is 17.2 Å². The minimum Gasteiger partial charge on any atom is -0.493 e. The van der Waals surface area contributed by atoms with Crippen molar-refractivity contribution >= 4 is 5.91 Å². The van der Waals surface area contributed by atoms with Crippen LogP contribution in [0.5, 0.6) is 17.2 Å². The molecule has 6 nitrogen and oxygen atoms in total. The molecule has 1 saturated heterocycles. The molecule has 1 aliphatic rings. The maximum absolute atomic E-state index is 13.4. The van der Waals surface area contributed by atoms with Crippen LogP contribution in [-0.4, -0.2) is 50.4 Å². The number of carbonyl (C=O) groups excluding carboxylic acids is 1. The summed E-state index contributed by atoms with van der Waals surface area (Å²) in [6.07, 6.45) is 2.81. The first-order valence-electron chi connectivity index (χ1n) is 10.3. The third kappa shape index (κ3) is 4.54. The van der Waals surface area contributed by atoms with Gasteiger partial charge in [-0.2, -0.15) is 0 Å². The lowest BCUT2D eigenvalue weighted by Crippen LogP contribution is -2.35. The van der Waals surface area contributed by atoms with Gasteiger partial charge in [0.15, 0.2) is 11.5 Å². The normalized spacial score (nSPS) is 18.5. The number of aliphatic hydroxyl groups is 1. The second kappa shape index (κ2) is 9.85. The average Bonchev–Trinajstić information content (AvgIpc) is 3.08. The van der Waals surface area contributed by atoms with Crippen molar-refractivity contribution in [3.63, 3.8) is 0 Å². The molecule has 0 aliphatic carbocycles. The molecule has 0 saturated carbocycles. The Balaban J connectivity index is 1.77.